The number of unbranched alkanes of at least 4 members (excludes halogenated alkanes) is 1. The second kappa shape index (κ2) is 9.72. The highest BCUT2D eigenvalue weighted by Crippen LogP contribution is 2.31. The van der Waals surface area contributed by atoms with Crippen molar-refractivity contribution in [2.75, 3.05) is 6.54 Å². The Kier molecular flexibility index (Phi) is 9.56. The maximum absolute atomic E-state index is 11.7. The Balaban J connectivity index is 0.00000256. The fourth-order valence-electron chi connectivity index (χ4n) is 2.23. The van der Waals surface area contributed by atoms with Crippen molar-refractivity contribution in [3.8, 4) is 0 Å². The molecule has 0 heterocycles. The molecule has 0 aromatic carbocycles. The highest BCUT2D eigenvalue weighted by atomic mass is 35.5. The van der Waals surface area contributed by atoms with Crippen LogP contribution >= 0.6 is 12.4 Å². The zero-order chi connectivity index (χ0) is 11.8. The van der Waals surface area contributed by atoms with E-state index in [-0.39, 0.29) is 18.3 Å². The van der Waals surface area contributed by atoms with Gasteiger partial charge in [-0.3, -0.25) is 4.79 Å². The predicted octanol–water partition coefficient (Wildman–Crippen LogP) is 2.62. The molecule has 1 aliphatic carbocycles. The van der Waals surface area contributed by atoms with E-state index in [1.807, 2.05) is 0 Å². The molecule has 1 atom stereocenters. The largest absolute Gasteiger partial charge is 0.353 e. The maximum atomic E-state index is 11.7. The summed E-state index contributed by atoms with van der Waals surface area (Å²) in [5.74, 6) is 0.937. The van der Waals surface area contributed by atoms with Crippen LogP contribution in [0.5, 0.6) is 0 Å². The standard InChI is InChI=1S/C13H26N2O.ClH/c1-2-3-8-12(11-6-4-7-11)15-13(16)9-5-10-14;/h11-12H,2-10,14H2,1H3,(H,15,16);1H. The van der Waals surface area contributed by atoms with Crippen LogP contribution in [0.4, 0.5) is 0 Å². The monoisotopic (exact) mass is 262 g/mol. The van der Waals surface area contributed by atoms with Gasteiger partial charge < -0.3 is 11.1 Å². The molecule has 1 rings (SSSR count). The van der Waals surface area contributed by atoms with Crippen LogP contribution < -0.4 is 11.1 Å². The number of carbonyl (C=O) groups is 1. The van der Waals surface area contributed by atoms with Gasteiger partial charge in [-0.2, -0.15) is 0 Å². The second-order valence-corrected chi connectivity index (χ2v) is 4.90. The van der Waals surface area contributed by atoms with Crippen LogP contribution in [0.1, 0.15) is 58.3 Å². The number of carbonyl (C=O) groups excluding carboxylic acids is 1. The lowest BCUT2D eigenvalue weighted by atomic mass is 9.78. The first kappa shape index (κ1) is 16.7. The van der Waals surface area contributed by atoms with Crippen LogP contribution in [0, 0.1) is 5.92 Å². The quantitative estimate of drug-likeness (QED) is 0.707. The molecule has 0 bridgehead atoms. The normalized spacial score (nSPS) is 16.8. The number of halogens is 1. The number of nitrogens with two attached hydrogens (primary N) is 1. The van der Waals surface area contributed by atoms with E-state index in [1.165, 1.54) is 32.1 Å². The molecule has 3 N–H and O–H groups in total. The van der Waals surface area contributed by atoms with E-state index >= 15 is 0 Å². The highest BCUT2D eigenvalue weighted by molar-refractivity contribution is 5.85. The van der Waals surface area contributed by atoms with Gasteiger partial charge in [-0.1, -0.05) is 26.2 Å². The molecule has 1 fully saturated rings. The molecule has 1 amide bonds. The van der Waals surface area contributed by atoms with E-state index < -0.39 is 0 Å². The number of nitrogens with one attached hydrogen (secondary N) is 1. The van der Waals surface area contributed by atoms with Crippen molar-refractivity contribution in [2.45, 2.75) is 64.3 Å². The fraction of sp³-hybridized carbons (Fsp3) is 0.923. The lowest BCUT2D eigenvalue weighted by Gasteiger charge is -2.34. The van der Waals surface area contributed by atoms with Crippen molar-refractivity contribution in [2.24, 2.45) is 11.7 Å². The summed E-state index contributed by atoms with van der Waals surface area (Å²) in [6.07, 6.45) is 8.90. The first-order valence-corrected chi connectivity index (χ1v) is 6.77. The van der Waals surface area contributed by atoms with Crippen LogP contribution in [0.15, 0.2) is 0 Å². The summed E-state index contributed by atoms with van der Waals surface area (Å²) >= 11 is 0. The summed E-state index contributed by atoms with van der Waals surface area (Å²) in [6, 6.07) is 0.430. The van der Waals surface area contributed by atoms with Gasteiger partial charge in [0.25, 0.3) is 0 Å². The van der Waals surface area contributed by atoms with Gasteiger partial charge in [0.2, 0.25) is 5.91 Å². The van der Waals surface area contributed by atoms with Crippen molar-refractivity contribution in [3.63, 3.8) is 0 Å². The minimum atomic E-state index is 0. The van der Waals surface area contributed by atoms with Crippen molar-refractivity contribution in [3.05, 3.63) is 0 Å². The lowest BCUT2D eigenvalue weighted by molar-refractivity contribution is -0.122. The molecule has 3 nitrogen and oxygen atoms in total. The van der Waals surface area contributed by atoms with Crippen LogP contribution in [-0.4, -0.2) is 18.5 Å². The molecule has 0 radical (unpaired) electrons. The summed E-state index contributed by atoms with van der Waals surface area (Å²) in [5.41, 5.74) is 5.40. The average Bonchev–Trinajstić information content (AvgIpc) is 2.20. The SMILES string of the molecule is CCCCC(NC(=O)CCCN)C1CCC1.Cl. The molecule has 17 heavy (non-hydrogen) atoms. The fourth-order valence-corrected chi connectivity index (χ4v) is 2.23. The molecule has 4 heteroatoms. The molecule has 1 unspecified atom stereocenters. The molecular weight excluding hydrogens is 236 g/mol. The van der Waals surface area contributed by atoms with Gasteiger partial charge in [0.1, 0.15) is 0 Å². The number of hydrogen-bond acceptors (Lipinski definition) is 2. The first-order chi connectivity index (χ1) is 7.77. The van der Waals surface area contributed by atoms with Gasteiger partial charge in [0.05, 0.1) is 0 Å². The van der Waals surface area contributed by atoms with Crippen molar-refractivity contribution in [1.82, 2.24) is 5.32 Å². The Morgan fingerprint density at radius 1 is 1.41 bits per heavy atom. The molecule has 0 saturated heterocycles. The minimum absolute atomic E-state index is 0. The summed E-state index contributed by atoms with van der Waals surface area (Å²) in [5, 5.41) is 3.19. The van der Waals surface area contributed by atoms with Gasteiger partial charge in [0, 0.05) is 12.5 Å². The maximum Gasteiger partial charge on any atom is 0.220 e. The van der Waals surface area contributed by atoms with Crippen LogP contribution in [0.25, 0.3) is 0 Å². The minimum Gasteiger partial charge on any atom is -0.353 e. The van der Waals surface area contributed by atoms with Crippen LogP contribution in [0.2, 0.25) is 0 Å². The number of rotatable bonds is 8. The highest BCUT2D eigenvalue weighted by Gasteiger charge is 2.27. The van der Waals surface area contributed by atoms with Crippen molar-refractivity contribution < 1.29 is 4.79 Å². The Morgan fingerprint density at radius 3 is 2.59 bits per heavy atom. The summed E-state index contributed by atoms with van der Waals surface area (Å²) in [4.78, 5) is 11.7. The van der Waals surface area contributed by atoms with Gasteiger partial charge in [-0.05, 0) is 38.1 Å². The van der Waals surface area contributed by atoms with Crippen LogP contribution in [-0.2, 0) is 4.79 Å². The van der Waals surface area contributed by atoms with Gasteiger partial charge in [-0.25, -0.2) is 0 Å². The molecule has 0 spiro atoms. The Morgan fingerprint density at radius 2 is 2.12 bits per heavy atom. The predicted molar refractivity (Wildman–Crippen MR) is 74.3 cm³/mol. The third kappa shape index (κ3) is 6.27. The van der Waals surface area contributed by atoms with E-state index in [0.29, 0.717) is 19.0 Å². The Hall–Kier alpha value is -0.280. The average molecular weight is 263 g/mol. The van der Waals surface area contributed by atoms with E-state index in [2.05, 4.69) is 12.2 Å². The zero-order valence-corrected chi connectivity index (χ0v) is 11.7. The van der Waals surface area contributed by atoms with Crippen molar-refractivity contribution >= 4 is 18.3 Å². The number of hydrogen-bond donors (Lipinski definition) is 2. The van der Waals surface area contributed by atoms with Crippen LogP contribution in [0.3, 0.4) is 0 Å². The molecule has 1 saturated carbocycles. The third-order valence-electron chi connectivity index (χ3n) is 3.54. The third-order valence-corrected chi connectivity index (χ3v) is 3.54. The van der Waals surface area contributed by atoms with Gasteiger partial charge >= 0.3 is 0 Å². The topological polar surface area (TPSA) is 55.1 Å². The van der Waals surface area contributed by atoms with Gasteiger partial charge in [-0.15, -0.1) is 12.4 Å². The molecule has 1 aliphatic rings. The summed E-state index contributed by atoms with van der Waals surface area (Å²) < 4.78 is 0. The zero-order valence-electron chi connectivity index (χ0n) is 10.9. The van der Waals surface area contributed by atoms with Crippen molar-refractivity contribution in [1.29, 1.82) is 0 Å². The van der Waals surface area contributed by atoms with E-state index in [0.717, 1.165) is 18.8 Å². The lowest BCUT2D eigenvalue weighted by Crippen LogP contribution is -2.42. The Labute approximate surface area is 111 Å². The van der Waals surface area contributed by atoms with Gasteiger partial charge in [0.15, 0.2) is 0 Å². The Bertz CT molecular complexity index is 208. The molecule has 0 aromatic heterocycles. The van der Waals surface area contributed by atoms with E-state index in [1.54, 1.807) is 0 Å². The van der Waals surface area contributed by atoms with E-state index in [9.17, 15) is 4.79 Å². The summed E-state index contributed by atoms with van der Waals surface area (Å²) in [6.45, 7) is 2.81. The first-order valence-electron chi connectivity index (χ1n) is 6.77. The summed E-state index contributed by atoms with van der Waals surface area (Å²) in [7, 11) is 0. The van der Waals surface area contributed by atoms with E-state index in [4.69, 9.17) is 5.73 Å². The molecule has 0 aromatic rings. The molecular formula is C13H27ClN2O. The number of amides is 1. The smallest absolute Gasteiger partial charge is 0.220 e. The molecule has 0 aliphatic heterocycles. The molecule has 102 valence electrons. The second-order valence-electron chi connectivity index (χ2n) is 4.90.